The molecule has 1 fully saturated rings. The highest BCUT2D eigenvalue weighted by Crippen LogP contribution is 2.34. The average Bonchev–Trinajstić information content (AvgIpc) is 3.32. The number of aryl methyl sites for hydroxylation is 1. The predicted octanol–water partition coefficient (Wildman–Crippen LogP) is 4.52. The van der Waals surface area contributed by atoms with Crippen LogP contribution in [-0.2, 0) is 17.6 Å². The summed E-state index contributed by atoms with van der Waals surface area (Å²) in [5, 5.41) is 5.21. The summed E-state index contributed by atoms with van der Waals surface area (Å²) in [6.07, 6.45) is 3.33. The van der Waals surface area contributed by atoms with Crippen molar-refractivity contribution in [3.8, 4) is 11.3 Å². The molecule has 0 saturated carbocycles. The molecule has 0 radical (unpaired) electrons. The number of carbonyl (C=O) groups is 1. The van der Waals surface area contributed by atoms with Crippen LogP contribution in [0.1, 0.15) is 31.2 Å². The Bertz CT molecular complexity index is 1250. The first-order valence-corrected chi connectivity index (χ1v) is 12.0. The third-order valence-electron chi connectivity index (χ3n) is 6.29. The second kappa shape index (κ2) is 10.0. The molecule has 1 amide bonds. The molecule has 2 aromatic carbocycles. The van der Waals surface area contributed by atoms with Gasteiger partial charge in [0.05, 0.1) is 6.42 Å². The van der Waals surface area contributed by atoms with E-state index in [0.717, 1.165) is 53.1 Å². The van der Waals surface area contributed by atoms with E-state index < -0.39 is 0 Å². The number of carbonyl (C=O) groups excluding carboxylic acids is 1. The zero-order chi connectivity index (χ0) is 23.3. The summed E-state index contributed by atoms with van der Waals surface area (Å²) in [5.41, 5.74) is 3.31. The molecule has 7 heteroatoms. The number of piperazine rings is 1. The van der Waals surface area contributed by atoms with Gasteiger partial charge in [0.1, 0.15) is 22.7 Å². The Labute approximate surface area is 199 Å². The van der Waals surface area contributed by atoms with Crippen molar-refractivity contribution in [2.75, 3.05) is 31.1 Å². The standard InChI is InChI=1S/C27H29N5O2/c1-2-3-14-22-28-26(24-25(30-34-27(24)29-22)21-12-8-5-9-13-21)32-17-15-31(16-18-32)23(33)19-20-10-6-4-7-11-20/h4-13H,2-3,14-19H2,1H3. The second-order valence-electron chi connectivity index (χ2n) is 8.67. The molecule has 174 valence electrons. The molecule has 2 aromatic heterocycles. The smallest absolute Gasteiger partial charge is 0.263 e. The van der Waals surface area contributed by atoms with Gasteiger partial charge in [-0.3, -0.25) is 4.79 Å². The highest BCUT2D eigenvalue weighted by molar-refractivity contribution is 5.98. The van der Waals surface area contributed by atoms with Gasteiger partial charge in [0.15, 0.2) is 0 Å². The lowest BCUT2D eigenvalue weighted by molar-refractivity contribution is -0.130. The fourth-order valence-corrected chi connectivity index (χ4v) is 4.40. The topological polar surface area (TPSA) is 75.4 Å². The first-order valence-electron chi connectivity index (χ1n) is 12.0. The third kappa shape index (κ3) is 4.64. The maximum atomic E-state index is 12.8. The van der Waals surface area contributed by atoms with Gasteiger partial charge in [0.2, 0.25) is 5.91 Å². The van der Waals surface area contributed by atoms with E-state index in [1.165, 1.54) is 0 Å². The maximum Gasteiger partial charge on any atom is 0.263 e. The van der Waals surface area contributed by atoms with Gasteiger partial charge in [0.25, 0.3) is 5.71 Å². The summed E-state index contributed by atoms with van der Waals surface area (Å²) in [6, 6.07) is 19.9. The molecular formula is C27H29N5O2. The first-order chi connectivity index (χ1) is 16.7. The SMILES string of the molecule is CCCCc1nc(N2CCN(C(=O)Cc3ccccc3)CC2)c2c(-c3ccccc3)noc2n1. The molecule has 0 bridgehead atoms. The van der Waals surface area contributed by atoms with Crippen molar-refractivity contribution in [2.45, 2.75) is 32.6 Å². The number of hydrogen-bond donors (Lipinski definition) is 0. The fraction of sp³-hybridized carbons (Fsp3) is 0.333. The molecule has 1 aliphatic heterocycles. The third-order valence-corrected chi connectivity index (χ3v) is 6.29. The Kier molecular flexibility index (Phi) is 6.51. The lowest BCUT2D eigenvalue weighted by Gasteiger charge is -2.35. The summed E-state index contributed by atoms with van der Waals surface area (Å²) in [4.78, 5) is 26.7. The molecule has 0 atom stereocenters. The van der Waals surface area contributed by atoms with Gasteiger partial charge in [-0.1, -0.05) is 79.2 Å². The number of hydrogen-bond acceptors (Lipinski definition) is 6. The van der Waals surface area contributed by atoms with E-state index in [4.69, 9.17) is 9.51 Å². The Morgan fingerprint density at radius 3 is 2.35 bits per heavy atom. The van der Waals surface area contributed by atoms with E-state index in [2.05, 4.69) is 22.0 Å². The van der Waals surface area contributed by atoms with Crippen molar-refractivity contribution < 1.29 is 9.32 Å². The van der Waals surface area contributed by atoms with E-state index in [0.29, 0.717) is 38.3 Å². The highest BCUT2D eigenvalue weighted by atomic mass is 16.5. The fourth-order valence-electron chi connectivity index (χ4n) is 4.40. The molecule has 5 rings (SSSR count). The predicted molar refractivity (Wildman–Crippen MR) is 133 cm³/mol. The normalized spacial score (nSPS) is 14.0. The van der Waals surface area contributed by atoms with Crippen LogP contribution < -0.4 is 4.90 Å². The van der Waals surface area contributed by atoms with E-state index in [9.17, 15) is 4.79 Å². The molecule has 0 unspecified atom stereocenters. The van der Waals surface area contributed by atoms with Gasteiger partial charge in [-0.2, -0.15) is 4.98 Å². The number of benzene rings is 2. The molecule has 34 heavy (non-hydrogen) atoms. The Morgan fingerprint density at radius 1 is 0.941 bits per heavy atom. The summed E-state index contributed by atoms with van der Waals surface area (Å²) < 4.78 is 5.69. The van der Waals surface area contributed by atoms with Gasteiger partial charge in [0, 0.05) is 38.2 Å². The van der Waals surface area contributed by atoms with Crippen molar-refractivity contribution in [2.24, 2.45) is 0 Å². The summed E-state index contributed by atoms with van der Waals surface area (Å²) >= 11 is 0. The minimum absolute atomic E-state index is 0.164. The van der Waals surface area contributed by atoms with Gasteiger partial charge < -0.3 is 14.3 Å². The maximum absolute atomic E-state index is 12.8. The Hall–Kier alpha value is -3.74. The minimum Gasteiger partial charge on any atom is -0.352 e. The van der Waals surface area contributed by atoms with E-state index in [1.807, 2.05) is 65.6 Å². The zero-order valence-electron chi connectivity index (χ0n) is 19.5. The van der Waals surface area contributed by atoms with Crippen LogP contribution in [0, 0.1) is 0 Å². The largest absolute Gasteiger partial charge is 0.352 e. The number of fused-ring (bicyclic) bond motifs is 1. The average molecular weight is 456 g/mol. The quantitative estimate of drug-likeness (QED) is 0.408. The number of unbranched alkanes of at least 4 members (excludes halogenated alkanes) is 1. The van der Waals surface area contributed by atoms with Crippen molar-refractivity contribution in [3.05, 3.63) is 72.1 Å². The van der Waals surface area contributed by atoms with Gasteiger partial charge in [-0.25, -0.2) is 4.98 Å². The highest BCUT2D eigenvalue weighted by Gasteiger charge is 2.27. The van der Waals surface area contributed by atoms with E-state index >= 15 is 0 Å². The molecule has 7 nitrogen and oxygen atoms in total. The van der Waals surface area contributed by atoms with Crippen LogP contribution in [0.4, 0.5) is 5.82 Å². The van der Waals surface area contributed by atoms with Gasteiger partial charge >= 0.3 is 0 Å². The molecule has 0 aliphatic carbocycles. The van der Waals surface area contributed by atoms with Crippen LogP contribution in [0.5, 0.6) is 0 Å². The summed E-state index contributed by atoms with van der Waals surface area (Å²) in [5.74, 6) is 1.80. The van der Waals surface area contributed by atoms with E-state index in [1.54, 1.807) is 0 Å². The van der Waals surface area contributed by atoms with Crippen LogP contribution >= 0.6 is 0 Å². The van der Waals surface area contributed by atoms with Crippen molar-refractivity contribution in [1.29, 1.82) is 0 Å². The van der Waals surface area contributed by atoms with Crippen molar-refractivity contribution in [1.82, 2.24) is 20.0 Å². The lowest BCUT2D eigenvalue weighted by Crippen LogP contribution is -2.49. The molecule has 4 aromatic rings. The minimum atomic E-state index is 0.164. The van der Waals surface area contributed by atoms with Crippen LogP contribution in [0.3, 0.4) is 0 Å². The number of nitrogens with zero attached hydrogens (tertiary/aromatic N) is 5. The van der Waals surface area contributed by atoms with Crippen molar-refractivity contribution >= 4 is 22.8 Å². The number of rotatable bonds is 7. The van der Waals surface area contributed by atoms with Crippen LogP contribution in [0.15, 0.2) is 65.2 Å². The lowest BCUT2D eigenvalue weighted by atomic mass is 10.1. The summed E-state index contributed by atoms with van der Waals surface area (Å²) in [7, 11) is 0. The number of amides is 1. The Balaban J connectivity index is 1.41. The molecule has 0 spiro atoms. The number of aromatic nitrogens is 3. The van der Waals surface area contributed by atoms with Gasteiger partial charge in [-0.05, 0) is 12.0 Å². The zero-order valence-corrected chi connectivity index (χ0v) is 19.5. The van der Waals surface area contributed by atoms with Crippen molar-refractivity contribution in [3.63, 3.8) is 0 Å². The first kappa shape index (κ1) is 22.1. The number of anilines is 1. The second-order valence-corrected chi connectivity index (χ2v) is 8.67. The summed E-state index contributed by atoms with van der Waals surface area (Å²) in [6.45, 7) is 4.90. The molecule has 1 aliphatic rings. The molecule has 0 N–H and O–H groups in total. The van der Waals surface area contributed by atoms with Crippen LogP contribution in [0.25, 0.3) is 22.4 Å². The van der Waals surface area contributed by atoms with Gasteiger partial charge in [-0.15, -0.1) is 0 Å². The molecule has 1 saturated heterocycles. The van der Waals surface area contributed by atoms with Crippen LogP contribution in [0.2, 0.25) is 0 Å². The monoisotopic (exact) mass is 455 g/mol. The molecule has 3 heterocycles. The van der Waals surface area contributed by atoms with E-state index in [-0.39, 0.29) is 5.91 Å². The van der Waals surface area contributed by atoms with Crippen LogP contribution in [-0.4, -0.2) is 52.1 Å². The molecular weight excluding hydrogens is 426 g/mol. The Morgan fingerprint density at radius 2 is 1.65 bits per heavy atom.